The van der Waals surface area contributed by atoms with Gasteiger partial charge in [-0.1, -0.05) is 26.2 Å². The van der Waals surface area contributed by atoms with Crippen LogP contribution in [0, 0.1) is 5.92 Å². The molecule has 1 fully saturated rings. The van der Waals surface area contributed by atoms with Crippen molar-refractivity contribution in [2.24, 2.45) is 5.92 Å². The third-order valence-corrected chi connectivity index (χ3v) is 4.89. The first kappa shape index (κ1) is 15.3. The number of carbonyl (C=O) groups is 1. The normalized spacial score (nSPS) is 23.2. The van der Waals surface area contributed by atoms with E-state index < -0.39 is 5.97 Å². The molecule has 2 rings (SSSR count). The van der Waals surface area contributed by atoms with Crippen molar-refractivity contribution in [2.45, 2.75) is 51.7 Å². The lowest BCUT2D eigenvalue weighted by atomic mass is 9.85. The molecule has 1 saturated carbocycles. The molecular formula is C16H22O3S. The van der Waals surface area contributed by atoms with Gasteiger partial charge in [0.2, 0.25) is 0 Å². The van der Waals surface area contributed by atoms with E-state index in [-0.39, 0.29) is 0 Å². The standard InChI is InChI=1S/C16H22O3S/c1-2-12-5-3-4-6-14(12)19-11-15-13(9-10-20-15)7-8-16(17)18/h7-10,12,14H,2-6,11H2,1H3,(H,17,18). The largest absolute Gasteiger partial charge is 0.478 e. The van der Waals surface area contributed by atoms with Crippen LogP contribution in [-0.4, -0.2) is 17.2 Å². The van der Waals surface area contributed by atoms with Gasteiger partial charge in [-0.2, -0.15) is 0 Å². The first-order chi connectivity index (χ1) is 9.70. The fraction of sp³-hybridized carbons (Fsp3) is 0.562. The van der Waals surface area contributed by atoms with Crippen LogP contribution < -0.4 is 0 Å². The maximum atomic E-state index is 10.6. The summed E-state index contributed by atoms with van der Waals surface area (Å²) < 4.78 is 6.11. The molecule has 1 aromatic rings. The van der Waals surface area contributed by atoms with E-state index in [2.05, 4.69) is 6.92 Å². The topological polar surface area (TPSA) is 46.5 Å². The van der Waals surface area contributed by atoms with E-state index in [1.165, 1.54) is 31.8 Å². The molecule has 0 amide bonds. The van der Waals surface area contributed by atoms with Crippen LogP contribution in [0.1, 0.15) is 49.5 Å². The molecular weight excluding hydrogens is 272 g/mol. The molecule has 110 valence electrons. The van der Waals surface area contributed by atoms with Crippen molar-refractivity contribution in [1.82, 2.24) is 0 Å². The zero-order valence-electron chi connectivity index (χ0n) is 11.9. The van der Waals surface area contributed by atoms with Gasteiger partial charge in [-0.3, -0.25) is 0 Å². The van der Waals surface area contributed by atoms with Crippen LogP contribution in [0.4, 0.5) is 0 Å². The van der Waals surface area contributed by atoms with Crippen LogP contribution in [0.3, 0.4) is 0 Å². The minimum Gasteiger partial charge on any atom is -0.478 e. The summed E-state index contributed by atoms with van der Waals surface area (Å²) in [5.41, 5.74) is 0.959. The first-order valence-corrected chi connectivity index (χ1v) is 8.17. The molecule has 4 heteroatoms. The molecule has 0 radical (unpaired) electrons. The van der Waals surface area contributed by atoms with E-state index >= 15 is 0 Å². The van der Waals surface area contributed by atoms with E-state index in [1.54, 1.807) is 17.4 Å². The molecule has 1 N–H and O–H groups in total. The second-order valence-electron chi connectivity index (χ2n) is 5.27. The predicted molar refractivity (Wildman–Crippen MR) is 81.8 cm³/mol. The van der Waals surface area contributed by atoms with Gasteiger partial charge in [0, 0.05) is 11.0 Å². The molecule has 0 spiro atoms. The van der Waals surface area contributed by atoms with Crippen molar-refractivity contribution in [3.63, 3.8) is 0 Å². The number of carboxylic acid groups (broad SMARTS) is 1. The molecule has 1 aromatic heterocycles. The van der Waals surface area contributed by atoms with Crippen molar-refractivity contribution in [3.05, 3.63) is 28.0 Å². The number of rotatable bonds is 6. The number of hydrogen-bond donors (Lipinski definition) is 1. The van der Waals surface area contributed by atoms with Crippen LogP contribution in [0.2, 0.25) is 0 Å². The van der Waals surface area contributed by atoms with Crippen molar-refractivity contribution >= 4 is 23.4 Å². The van der Waals surface area contributed by atoms with Crippen LogP contribution in [0.25, 0.3) is 6.08 Å². The zero-order valence-corrected chi connectivity index (χ0v) is 12.7. The summed E-state index contributed by atoms with van der Waals surface area (Å²) in [6, 6.07) is 1.95. The number of carboxylic acids is 1. The Morgan fingerprint density at radius 1 is 1.50 bits per heavy atom. The fourth-order valence-electron chi connectivity index (χ4n) is 2.82. The smallest absolute Gasteiger partial charge is 0.328 e. The Morgan fingerprint density at radius 2 is 2.30 bits per heavy atom. The van der Waals surface area contributed by atoms with E-state index in [1.807, 2.05) is 11.4 Å². The summed E-state index contributed by atoms with van der Waals surface area (Å²) in [7, 11) is 0. The monoisotopic (exact) mass is 294 g/mol. The third kappa shape index (κ3) is 4.18. The zero-order chi connectivity index (χ0) is 14.4. The summed E-state index contributed by atoms with van der Waals surface area (Å²) in [5.74, 6) is -0.233. The number of hydrogen-bond acceptors (Lipinski definition) is 3. The lowest BCUT2D eigenvalue weighted by molar-refractivity contribution is -0.131. The highest BCUT2D eigenvalue weighted by molar-refractivity contribution is 7.10. The SMILES string of the molecule is CCC1CCCCC1OCc1sccc1C=CC(=O)O. The van der Waals surface area contributed by atoms with Crippen molar-refractivity contribution in [2.75, 3.05) is 0 Å². The summed E-state index contributed by atoms with van der Waals surface area (Å²) in [4.78, 5) is 11.7. The van der Waals surface area contributed by atoms with Crippen LogP contribution in [0.5, 0.6) is 0 Å². The molecule has 0 saturated heterocycles. The number of aliphatic carboxylic acids is 1. The van der Waals surface area contributed by atoms with E-state index in [0.717, 1.165) is 16.9 Å². The molecule has 2 atom stereocenters. The van der Waals surface area contributed by atoms with Gasteiger partial charge < -0.3 is 9.84 Å². The summed E-state index contributed by atoms with van der Waals surface area (Å²) >= 11 is 1.63. The molecule has 0 aromatic carbocycles. The van der Waals surface area contributed by atoms with Crippen LogP contribution in [0.15, 0.2) is 17.5 Å². The summed E-state index contributed by atoms with van der Waals surface area (Å²) in [6.45, 7) is 2.83. The van der Waals surface area contributed by atoms with Gasteiger partial charge in [0.1, 0.15) is 0 Å². The summed E-state index contributed by atoms with van der Waals surface area (Å²) in [5, 5.41) is 10.7. The fourth-order valence-corrected chi connectivity index (χ4v) is 3.61. The van der Waals surface area contributed by atoms with Gasteiger partial charge in [0.15, 0.2) is 0 Å². The maximum Gasteiger partial charge on any atom is 0.328 e. The molecule has 1 heterocycles. The molecule has 1 aliphatic carbocycles. The van der Waals surface area contributed by atoms with Gasteiger partial charge in [0.05, 0.1) is 12.7 Å². The van der Waals surface area contributed by atoms with Crippen molar-refractivity contribution in [3.8, 4) is 0 Å². The average molecular weight is 294 g/mol. The Bertz CT molecular complexity index is 464. The molecule has 2 unspecified atom stereocenters. The highest BCUT2D eigenvalue weighted by Gasteiger charge is 2.24. The van der Waals surface area contributed by atoms with Crippen LogP contribution >= 0.6 is 11.3 Å². The molecule has 20 heavy (non-hydrogen) atoms. The minimum absolute atomic E-state index is 0.368. The van der Waals surface area contributed by atoms with Gasteiger partial charge in [-0.15, -0.1) is 11.3 Å². The van der Waals surface area contributed by atoms with Crippen LogP contribution in [-0.2, 0) is 16.1 Å². The van der Waals surface area contributed by atoms with Gasteiger partial charge >= 0.3 is 5.97 Å². The quantitative estimate of drug-likeness (QED) is 0.794. The van der Waals surface area contributed by atoms with Gasteiger partial charge in [-0.05, 0) is 41.8 Å². The Morgan fingerprint density at radius 3 is 3.05 bits per heavy atom. The van der Waals surface area contributed by atoms with Crippen molar-refractivity contribution < 1.29 is 14.6 Å². The Hall–Kier alpha value is -1.13. The van der Waals surface area contributed by atoms with E-state index in [4.69, 9.17) is 9.84 Å². The second-order valence-corrected chi connectivity index (χ2v) is 6.27. The predicted octanol–water partition coefficient (Wildman–Crippen LogP) is 4.33. The lowest BCUT2D eigenvalue weighted by Gasteiger charge is -2.30. The van der Waals surface area contributed by atoms with Gasteiger partial charge in [-0.25, -0.2) is 4.79 Å². The Balaban J connectivity index is 1.93. The van der Waals surface area contributed by atoms with E-state index in [0.29, 0.717) is 18.6 Å². The summed E-state index contributed by atoms with van der Waals surface area (Å²) in [6.07, 6.45) is 9.40. The number of ether oxygens (including phenoxy) is 1. The average Bonchev–Trinajstić information content (AvgIpc) is 2.90. The first-order valence-electron chi connectivity index (χ1n) is 7.29. The Kier molecular flexibility index (Phi) is 5.80. The number of thiophene rings is 1. The Labute approximate surface area is 124 Å². The molecule has 0 aliphatic heterocycles. The lowest BCUT2D eigenvalue weighted by Crippen LogP contribution is -2.27. The van der Waals surface area contributed by atoms with Crippen molar-refractivity contribution in [1.29, 1.82) is 0 Å². The molecule has 3 nitrogen and oxygen atoms in total. The minimum atomic E-state index is -0.915. The maximum absolute atomic E-state index is 10.6. The third-order valence-electron chi connectivity index (χ3n) is 3.98. The van der Waals surface area contributed by atoms with E-state index in [9.17, 15) is 4.79 Å². The molecule has 0 bridgehead atoms. The highest BCUT2D eigenvalue weighted by Crippen LogP contribution is 2.30. The molecule has 1 aliphatic rings. The second kappa shape index (κ2) is 7.60. The van der Waals surface area contributed by atoms with Gasteiger partial charge in [0.25, 0.3) is 0 Å². The highest BCUT2D eigenvalue weighted by atomic mass is 32.1.